The average Bonchev–Trinajstić information content (AvgIpc) is 2.40. The number of hydrogen-bond donors (Lipinski definition) is 0. The number of benzene rings is 2. The highest BCUT2D eigenvalue weighted by Crippen LogP contribution is 2.24. The van der Waals surface area contributed by atoms with E-state index in [-0.39, 0.29) is 16.6 Å². The molecule has 1 unspecified atom stereocenters. The molecule has 0 amide bonds. The van der Waals surface area contributed by atoms with Gasteiger partial charge < -0.3 is 4.74 Å². The van der Waals surface area contributed by atoms with Crippen LogP contribution >= 0.6 is 23.2 Å². The second-order valence-electron chi connectivity index (χ2n) is 4.18. The first-order valence-electron chi connectivity index (χ1n) is 5.89. The number of hydrogen-bond acceptors (Lipinski definition) is 2. The normalized spacial score (nSPS) is 12.0. The maximum absolute atomic E-state index is 13.5. The van der Waals surface area contributed by atoms with E-state index in [1.807, 2.05) is 0 Å². The van der Waals surface area contributed by atoms with Crippen molar-refractivity contribution in [3.63, 3.8) is 0 Å². The summed E-state index contributed by atoms with van der Waals surface area (Å²) in [7, 11) is 0. The highest BCUT2D eigenvalue weighted by atomic mass is 35.5. The van der Waals surface area contributed by atoms with Gasteiger partial charge in [-0.25, -0.2) is 4.39 Å². The topological polar surface area (TPSA) is 26.3 Å². The molecule has 20 heavy (non-hydrogen) atoms. The van der Waals surface area contributed by atoms with Crippen LogP contribution in [0.15, 0.2) is 42.5 Å². The Hall–Kier alpha value is -1.58. The molecular formula is C15H11Cl2FO2. The summed E-state index contributed by atoms with van der Waals surface area (Å²) in [5, 5.41) is 0.681. The summed E-state index contributed by atoms with van der Waals surface area (Å²) in [6.45, 7) is 1.54. The SMILES string of the molecule is CC(Oc1ccccc1F)C(=O)c1ccc(Cl)cc1Cl. The zero-order chi connectivity index (χ0) is 14.7. The lowest BCUT2D eigenvalue weighted by Crippen LogP contribution is -2.24. The second kappa shape index (κ2) is 6.25. The van der Waals surface area contributed by atoms with E-state index in [1.165, 1.54) is 24.3 Å². The zero-order valence-corrected chi connectivity index (χ0v) is 12.1. The smallest absolute Gasteiger partial charge is 0.204 e. The number of ketones is 1. The Morgan fingerprint density at radius 1 is 1.20 bits per heavy atom. The van der Waals surface area contributed by atoms with Crippen molar-refractivity contribution in [2.75, 3.05) is 0 Å². The van der Waals surface area contributed by atoms with E-state index in [4.69, 9.17) is 27.9 Å². The Kier molecular flexibility index (Phi) is 4.63. The number of carbonyl (C=O) groups is 1. The van der Waals surface area contributed by atoms with Crippen LogP contribution in [0.3, 0.4) is 0 Å². The number of ether oxygens (including phenoxy) is 1. The van der Waals surface area contributed by atoms with Crippen LogP contribution in [0.4, 0.5) is 4.39 Å². The molecule has 0 aliphatic rings. The second-order valence-corrected chi connectivity index (χ2v) is 5.02. The molecule has 0 aromatic heterocycles. The van der Waals surface area contributed by atoms with E-state index in [9.17, 15) is 9.18 Å². The molecule has 2 aromatic carbocycles. The summed E-state index contributed by atoms with van der Waals surface area (Å²) in [5.74, 6) is -0.831. The maximum atomic E-state index is 13.5. The summed E-state index contributed by atoms with van der Waals surface area (Å²) in [6.07, 6.45) is -0.856. The van der Waals surface area contributed by atoms with Crippen LogP contribution < -0.4 is 4.74 Å². The molecule has 0 saturated heterocycles. The summed E-state index contributed by atoms with van der Waals surface area (Å²) in [4.78, 5) is 12.2. The lowest BCUT2D eigenvalue weighted by Gasteiger charge is -2.15. The molecule has 1 atom stereocenters. The molecule has 0 spiro atoms. The summed E-state index contributed by atoms with van der Waals surface area (Å²) in [5.41, 5.74) is 0.292. The lowest BCUT2D eigenvalue weighted by molar-refractivity contribution is 0.0812. The Morgan fingerprint density at radius 3 is 2.55 bits per heavy atom. The van der Waals surface area contributed by atoms with Crippen molar-refractivity contribution in [3.05, 3.63) is 63.9 Å². The van der Waals surface area contributed by atoms with Crippen LogP contribution in [0, 0.1) is 5.82 Å². The van der Waals surface area contributed by atoms with E-state index in [1.54, 1.807) is 25.1 Å². The molecule has 2 aromatic rings. The number of para-hydroxylation sites is 1. The zero-order valence-electron chi connectivity index (χ0n) is 10.6. The molecule has 2 rings (SSSR count). The van der Waals surface area contributed by atoms with Gasteiger partial charge in [0, 0.05) is 10.6 Å². The Labute approximate surface area is 126 Å². The van der Waals surface area contributed by atoms with Crippen LogP contribution in [0.5, 0.6) is 5.75 Å². The molecule has 0 aliphatic heterocycles. The van der Waals surface area contributed by atoms with Crippen LogP contribution in [0.25, 0.3) is 0 Å². The predicted molar refractivity (Wildman–Crippen MR) is 77.3 cm³/mol. The monoisotopic (exact) mass is 312 g/mol. The van der Waals surface area contributed by atoms with E-state index < -0.39 is 11.9 Å². The molecule has 2 nitrogen and oxygen atoms in total. The number of carbonyl (C=O) groups excluding carboxylic acids is 1. The van der Waals surface area contributed by atoms with Gasteiger partial charge in [-0.3, -0.25) is 4.79 Å². The quantitative estimate of drug-likeness (QED) is 0.759. The van der Waals surface area contributed by atoms with Crippen LogP contribution in [-0.2, 0) is 0 Å². The largest absolute Gasteiger partial charge is 0.479 e. The first-order chi connectivity index (χ1) is 9.49. The van der Waals surface area contributed by atoms with Crippen LogP contribution in [0.1, 0.15) is 17.3 Å². The van der Waals surface area contributed by atoms with Crippen molar-refractivity contribution in [2.45, 2.75) is 13.0 Å². The molecule has 0 heterocycles. The van der Waals surface area contributed by atoms with Gasteiger partial charge in [0.25, 0.3) is 0 Å². The molecule has 0 aliphatic carbocycles. The van der Waals surface area contributed by atoms with Gasteiger partial charge in [-0.05, 0) is 37.3 Å². The van der Waals surface area contributed by atoms with Crippen molar-refractivity contribution in [2.24, 2.45) is 0 Å². The highest BCUT2D eigenvalue weighted by Gasteiger charge is 2.20. The molecule has 104 valence electrons. The Balaban J connectivity index is 2.19. The average molecular weight is 313 g/mol. The van der Waals surface area contributed by atoms with Gasteiger partial charge in [-0.1, -0.05) is 35.3 Å². The first-order valence-corrected chi connectivity index (χ1v) is 6.65. The van der Waals surface area contributed by atoms with Crippen molar-refractivity contribution >= 4 is 29.0 Å². The molecule has 0 saturated carbocycles. The van der Waals surface area contributed by atoms with Gasteiger partial charge >= 0.3 is 0 Å². The third-order valence-corrected chi connectivity index (χ3v) is 3.25. The molecular weight excluding hydrogens is 302 g/mol. The third kappa shape index (κ3) is 3.30. The Morgan fingerprint density at radius 2 is 1.90 bits per heavy atom. The number of halogens is 3. The van der Waals surface area contributed by atoms with Gasteiger partial charge in [-0.2, -0.15) is 0 Å². The van der Waals surface area contributed by atoms with Crippen molar-refractivity contribution in [1.82, 2.24) is 0 Å². The molecule has 0 bridgehead atoms. The minimum atomic E-state index is -0.856. The van der Waals surface area contributed by atoms with Crippen molar-refractivity contribution in [1.29, 1.82) is 0 Å². The molecule has 0 radical (unpaired) electrons. The fourth-order valence-electron chi connectivity index (χ4n) is 1.69. The number of Topliss-reactive ketones (excluding diaryl/α,β-unsaturated/α-hetero) is 1. The molecule has 0 fully saturated rings. The first kappa shape index (κ1) is 14.8. The number of rotatable bonds is 4. The van der Waals surface area contributed by atoms with E-state index in [0.717, 1.165) is 0 Å². The summed E-state index contributed by atoms with van der Waals surface area (Å²) in [6, 6.07) is 10.5. The molecule has 5 heteroatoms. The maximum Gasteiger partial charge on any atom is 0.204 e. The van der Waals surface area contributed by atoms with E-state index in [0.29, 0.717) is 10.6 Å². The fraction of sp³-hybridized carbons (Fsp3) is 0.133. The van der Waals surface area contributed by atoms with E-state index in [2.05, 4.69) is 0 Å². The third-order valence-electron chi connectivity index (χ3n) is 2.71. The standard InChI is InChI=1S/C15H11Cl2FO2/c1-9(20-14-5-3-2-4-13(14)18)15(19)11-7-6-10(16)8-12(11)17/h2-9H,1H3. The lowest BCUT2D eigenvalue weighted by atomic mass is 10.1. The predicted octanol–water partition coefficient (Wildman–Crippen LogP) is 4.78. The minimum Gasteiger partial charge on any atom is -0.479 e. The van der Waals surface area contributed by atoms with Gasteiger partial charge in [-0.15, -0.1) is 0 Å². The van der Waals surface area contributed by atoms with Crippen molar-refractivity contribution in [3.8, 4) is 5.75 Å². The summed E-state index contributed by atoms with van der Waals surface area (Å²) >= 11 is 11.7. The highest BCUT2D eigenvalue weighted by molar-refractivity contribution is 6.37. The van der Waals surface area contributed by atoms with E-state index >= 15 is 0 Å². The molecule has 0 N–H and O–H groups in total. The van der Waals surface area contributed by atoms with Gasteiger partial charge in [0.1, 0.15) is 0 Å². The van der Waals surface area contributed by atoms with Crippen LogP contribution in [0.2, 0.25) is 10.0 Å². The van der Waals surface area contributed by atoms with Crippen molar-refractivity contribution < 1.29 is 13.9 Å². The van der Waals surface area contributed by atoms with Gasteiger partial charge in [0.2, 0.25) is 5.78 Å². The minimum absolute atomic E-state index is 0.0263. The van der Waals surface area contributed by atoms with Gasteiger partial charge in [0.15, 0.2) is 17.7 Å². The summed E-state index contributed by atoms with van der Waals surface area (Å²) < 4.78 is 18.8. The van der Waals surface area contributed by atoms with Crippen LogP contribution in [-0.4, -0.2) is 11.9 Å². The van der Waals surface area contributed by atoms with Gasteiger partial charge in [0.05, 0.1) is 5.02 Å². The fourth-order valence-corrected chi connectivity index (χ4v) is 2.19. The Bertz CT molecular complexity index is 644.